The number of hydrogen-bond acceptors (Lipinski definition) is 4. The maximum absolute atomic E-state index is 12.9. The summed E-state index contributed by atoms with van der Waals surface area (Å²) in [6.45, 7) is 2.65. The van der Waals surface area contributed by atoms with Crippen molar-refractivity contribution in [1.29, 1.82) is 0 Å². The average molecular weight is 371 g/mol. The highest BCUT2D eigenvalue weighted by Crippen LogP contribution is 2.24. The Morgan fingerprint density at radius 3 is 2.33 bits per heavy atom. The molecule has 0 amide bonds. The van der Waals surface area contributed by atoms with Crippen LogP contribution in [-0.2, 0) is 16.6 Å². The highest BCUT2D eigenvalue weighted by Gasteiger charge is 2.24. The number of sulfonamides is 1. The van der Waals surface area contributed by atoms with Gasteiger partial charge in [0.2, 0.25) is 10.0 Å². The van der Waals surface area contributed by atoms with Crippen LogP contribution in [0.4, 0.5) is 0 Å². The molecule has 0 spiro atoms. The standard InChI is InChI=1S/C17H22N2O3S.ClH/c1-14-12-16(8-9-17(14)22-2)23(20,21)19(11-10-18)13-15-6-4-3-5-7-15;/h3-9,12H,10-11,13,18H2,1-2H3;1H. The molecule has 2 N–H and O–H groups in total. The lowest BCUT2D eigenvalue weighted by Gasteiger charge is -2.22. The second-order valence-corrected chi connectivity index (χ2v) is 7.18. The molecule has 0 unspecified atom stereocenters. The summed E-state index contributed by atoms with van der Waals surface area (Å²) in [5.41, 5.74) is 7.31. The topological polar surface area (TPSA) is 72.6 Å². The summed E-state index contributed by atoms with van der Waals surface area (Å²) in [7, 11) is -2.05. The number of hydrogen-bond donors (Lipinski definition) is 1. The molecule has 132 valence electrons. The molecule has 2 aromatic carbocycles. The van der Waals surface area contributed by atoms with Gasteiger partial charge in [-0.2, -0.15) is 4.31 Å². The van der Waals surface area contributed by atoms with Gasteiger partial charge in [0.05, 0.1) is 12.0 Å². The third kappa shape index (κ3) is 4.70. The number of halogens is 1. The first-order valence-corrected chi connectivity index (χ1v) is 8.82. The SMILES string of the molecule is COc1ccc(S(=O)(=O)N(CCN)Cc2ccccc2)cc1C.Cl. The number of nitrogens with zero attached hydrogens (tertiary/aromatic N) is 1. The molecule has 0 aromatic heterocycles. The van der Waals surface area contributed by atoms with E-state index in [4.69, 9.17) is 10.5 Å². The second kappa shape index (κ2) is 9.03. The van der Waals surface area contributed by atoms with Crippen molar-refractivity contribution >= 4 is 22.4 Å². The van der Waals surface area contributed by atoms with Crippen molar-refractivity contribution in [2.75, 3.05) is 20.2 Å². The van der Waals surface area contributed by atoms with Crippen molar-refractivity contribution in [3.8, 4) is 5.75 Å². The van der Waals surface area contributed by atoms with E-state index in [1.54, 1.807) is 25.3 Å². The van der Waals surface area contributed by atoms with Crippen molar-refractivity contribution in [2.24, 2.45) is 5.73 Å². The van der Waals surface area contributed by atoms with Gasteiger partial charge < -0.3 is 10.5 Å². The lowest BCUT2D eigenvalue weighted by Crippen LogP contribution is -2.35. The first-order valence-electron chi connectivity index (χ1n) is 7.38. The Morgan fingerprint density at radius 2 is 1.79 bits per heavy atom. The van der Waals surface area contributed by atoms with Gasteiger partial charge in [0.25, 0.3) is 0 Å². The van der Waals surface area contributed by atoms with E-state index in [1.165, 1.54) is 4.31 Å². The van der Waals surface area contributed by atoms with Crippen molar-refractivity contribution in [2.45, 2.75) is 18.4 Å². The molecule has 24 heavy (non-hydrogen) atoms. The smallest absolute Gasteiger partial charge is 0.243 e. The van der Waals surface area contributed by atoms with E-state index >= 15 is 0 Å². The fraction of sp³-hybridized carbons (Fsp3) is 0.294. The molecule has 0 aliphatic rings. The van der Waals surface area contributed by atoms with Crippen LogP contribution in [0.1, 0.15) is 11.1 Å². The van der Waals surface area contributed by atoms with Crippen LogP contribution < -0.4 is 10.5 Å². The number of rotatable bonds is 7. The Morgan fingerprint density at radius 1 is 1.12 bits per heavy atom. The van der Waals surface area contributed by atoms with Gasteiger partial charge >= 0.3 is 0 Å². The normalized spacial score (nSPS) is 11.2. The zero-order valence-electron chi connectivity index (χ0n) is 13.8. The minimum Gasteiger partial charge on any atom is -0.496 e. The largest absolute Gasteiger partial charge is 0.496 e. The number of aryl methyl sites for hydroxylation is 1. The zero-order chi connectivity index (χ0) is 16.9. The molecular weight excluding hydrogens is 348 g/mol. The summed E-state index contributed by atoms with van der Waals surface area (Å²) < 4.78 is 32.4. The molecule has 0 aliphatic heterocycles. The van der Waals surface area contributed by atoms with Crippen LogP contribution in [0.2, 0.25) is 0 Å². The van der Waals surface area contributed by atoms with Gasteiger partial charge in [-0.1, -0.05) is 30.3 Å². The molecule has 2 rings (SSSR count). The second-order valence-electron chi connectivity index (χ2n) is 5.24. The first-order chi connectivity index (χ1) is 11.0. The van der Waals surface area contributed by atoms with Crippen molar-refractivity contribution in [3.63, 3.8) is 0 Å². The predicted octanol–water partition coefficient (Wildman–Crippen LogP) is 2.58. The lowest BCUT2D eigenvalue weighted by atomic mass is 10.2. The monoisotopic (exact) mass is 370 g/mol. The third-order valence-corrected chi connectivity index (χ3v) is 5.43. The van der Waals surface area contributed by atoms with Crippen LogP contribution in [0.15, 0.2) is 53.4 Å². The molecule has 0 bridgehead atoms. The van der Waals surface area contributed by atoms with Gasteiger partial charge in [-0.25, -0.2) is 8.42 Å². The van der Waals surface area contributed by atoms with Crippen molar-refractivity contribution in [3.05, 3.63) is 59.7 Å². The number of methoxy groups -OCH3 is 1. The Hall–Kier alpha value is -1.60. The van der Waals surface area contributed by atoms with E-state index in [2.05, 4.69) is 0 Å². The Labute approximate surface area is 149 Å². The van der Waals surface area contributed by atoms with Crippen LogP contribution in [0.25, 0.3) is 0 Å². The first kappa shape index (κ1) is 20.4. The Kier molecular flexibility index (Phi) is 7.69. The number of nitrogens with two attached hydrogens (primary N) is 1. The molecule has 0 aliphatic carbocycles. The number of benzene rings is 2. The summed E-state index contributed by atoms with van der Waals surface area (Å²) >= 11 is 0. The van der Waals surface area contributed by atoms with Gasteiger partial charge in [-0.05, 0) is 36.2 Å². The molecule has 0 heterocycles. The molecule has 2 aromatic rings. The summed E-state index contributed by atoms with van der Waals surface area (Å²) in [4.78, 5) is 0.250. The molecule has 5 nitrogen and oxygen atoms in total. The highest BCUT2D eigenvalue weighted by molar-refractivity contribution is 7.89. The fourth-order valence-corrected chi connectivity index (χ4v) is 3.90. The van der Waals surface area contributed by atoms with Gasteiger partial charge in [-0.3, -0.25) is 0 Å². The van der Waals surface area contributed by atoms with Crippen LogP contribution in [0.5, 0.6) is 5.75 Å². The third-order valence-electron chi connectivity index (χ3n) is 3.58. The molecule has 0 radical (unpaired) electrons. The van der Waals surface area contributed by atoms with E-state index in [1.807, 2.05) is 37.3 Å². The molecule has 0 saturated heterocycles. The van der Waals surface area contributed by atoms with Gasteiger partial charge in [0.15, 0.2) is 0 Å². The summed E-state index contributed by atoms with van der Waals surface area (Å²) in [5, 5.41) is 0. The minimum absolute atomic E-state index is 0. The lowest BCUT2D eigenvalue weighted by molar-refractivity contribution is 0.408. The van der Waals surface area contributed by atoms with Gasteiger partial charge in [-0.15, -0.1) is 12.4 Å². The maximum Gasteiger partial charge on any atom is 0.243 e. The predicted molar refractivity (Wildman–Crippen MR) is 98.1 cm³/mol. The number of ether oxygens (including phenoxy) is 1. The van der Waals surface area contributed by atoms with Crippen LogP contribution >= 0.6 is 12.4 Å². The van der Waals surface area contributed by atoms with E-state index in [-0.39, 0.29) is 30.4 Å². The molecule has 0 atom stereocenters. The van der Waals surface area contributed by atoms with Gasteiger partial charge in [0.1, 0.15) is 5.75 Å². The van der Waals surface area contributed by atoms with E-state index in [0.717, 1.165) is 11.1 Å². The molecule has 7 heteroatoms. The van der Waals surface area contributed by atoms with Gasteiger partial charge in [0, 0.05) is 19.6 Å². The van der Waals surface area contributed by atoms with Crippen molar-refractivity contribution in [1.82, 2.24) is 4.31 Å². The summed E-state index contributed by atoms with van der Waals surface area (Å²) in [6, 6.07) is 14.3. The fourth-order valence-electron chi connectivity index (χ4n) is 2.38. The van der Waals surface area contributed by atoms with E-state index < -0.39 is 10.0 Å². The van der Waals surface area contributed by atoms with Crippen LogP contribution in [-0.4, -0.2) is 32.9 Å². The highest BCUT2D eigenvalue weighted by atomic mass is 35.5. The minimum atomic E-state index is -3.61. The Bertz CT molecular complexity index is 752. The molecule has 0 fully saturated rings. The molecule has 0 saturated carbocycles. The summed E-state index contributed by atoms with van der Waals surface area (Å²) in [6.07, 6.45) is 0. The average Bonchev–Trinajstić information content (AvgIpc) is 2.55. The van der Waals surface area contributed by atoms with Crippen LogP contribution in [0.3, 0.4) is 0 Å². The Balaban J connectivity index is 0.00000288. The van der Waals surface area contributed by atoms with Crippen molar-refractivity contribution < 1.29 is 13.2 Å². The van der Waals surface area contributed by atoms with E-state index in [9.17, 15) is 8.42 Å². The summed E-state index contributed by atoms with van der Waals surface area (Å²) in [5.74, 6) is 0.664. The molecular formula is C17H23ClN2O3S. The maximum atomic E-state index is 12.9. The zero-order valence-corrected chi connectivity index (χ0v) is 15.4. The van der Waals surface area contributed by atoms with E-state index in [0.29, 0.717) is 12.3 Å². The quantitative estimate of drug-likeness (QED) is 0.813. The van der Waals surface area contributed by atoms with Crippen LogP contribution in [0, 0.1) is 6.92 Å².